The van der Waals surface area contributed by atoms with Crippen molar-refractivity contribution in [2.45, 2.75) is 35.5 Å². The first-order valence-electron chi connectivity index (χ1n) is 8.32. The van der Waals surface area contributed by atoms with E-state index in [1.807, 2.05) is 22.1 Å². The SMILES string of the molecule is O=[N+]([O-])c1cc(Cl)ccc1Sc1nnc(-c2cccs2)n1C[C@@H]1CCCO1. The smallest absolute Gasteiger partial charge is 0.284 e. The average molecular weight is 423 g/mol. The summed E-state index contributed by atoms with van der Waals surface area (Å²) in [5.41, 5.74) is -0.0446. The van der Waals surface area contributed by atoms with Gasteiger partial charge in [-0.2, -0.15) is 0 Å². The highest BCUT2D eigenvalue weighted by atomic mass is 35.5. The number of thiophene rings is 1. The van der Waals surface area contributed by atoms with Crippen molar-refractivity contribution in [2.24, 2.45) is 0 Å². The summed E-state index contributed by atoms with van der Waals surface area (Å²) in [6.45, 7) is 1.37. The highest BCUT2D eigenvalue weighted by molar-refractivity contribution is 7.99. The van der Waals surface area contributed by atoms with Gasteiger partial charge in [0, 0.05) is 17.7 Å². The Hall–Kier alpha value is -1.94. The molecular weight excluding hydrogens is 408 g/mol. The number of nitrogens with zero attached hydrogens (tertiary/aromatic N) is 4. The van der Waals surface area contributed by atoms with E-state index in [4.69, 9.17) is 16.3 Å². The summed E-state index contributed by atoms with van der Waals surface area (Å²) in [7, 11) is 0. The van der Waals surface area contributed by atoms with E-state index in [9.17, 15) is 10.1 Å². The van der Waals surface area contributed by atoms with Crippen LogP contribution in [0.5, 0.6) is 0 Å². The molecule has 0 saturated carbocycles. The second-order valence-electron chi connectivity index (χ2n) is 6.00. The summed E-state index contributed by atoms with van der Waals surface area (Å²) >= 11 is 8.71. The number of hydrogen-bond donors (Lipinski definition) is 0. The van der Waals surface area contributed by atoms with Crippen LogP contribution in [-0.4, -0.2) is 32.4 Å². The topological polar surface area (TPSA) is 83.1 Å². The van der Waals surface area contributed by atoms with E-state index in [1.165, 1.54) is 17.8 Å². The third kappa shape index (κ3) is 4.01. The van der Waals surface area contributed by atoms with E-state index in [1.54, 1.807) is 23.5 Å². The van der Waals surface area contributed by atoms with Gasteiger partial charge in [-0.3, -0.25) is 14.7 Å². The van der Waals surface area contributed by atoms with Gasteiger partial charge in [0.05, 0.1) is 27.3 Å². The van der Waals surface area contributed by atoms with Crippen LogP contribution in [0.15, 0.2) is 45.8 Å². The van der Waals surface area contributed by atoms with E-state index in [0.29, 0.717) is 21.6 Å². The van der Waals surface area contributed by atoms with Crippen LogP contribution >= 0.6 is 34.7 Å². The molecule has 140 valence electrons. The van der Waals surface area contributed by atoms with Crippen molar-refractivity contribution in [3.8, 4) is 10.7 Å². The maximum absolute atomic E-state index is 11.4. The molecule has 0 bridgehead atoms. The fraction of sp³-hybridized carbons (Fsp3) is 0.294. The van der Waals surface area contributed by atoms with Crippen LogP contribution in [0.25, 0.3) is 10.7 Å². The van der Waals surface area contributed by atoms with Crippen LogP contribution < -0.4 is 0 Å². The summed E-state index contributed by atoms with van der Waals surface area (Å²) in [5.74, 6) is 0.750. The third-order valence-electron chi connectivity index (χ3n) is 4.19. The largest absolute Gasteiger partial charge is 0.376 e. The maximum Gasteiger partial charge on any atom is 0.284 e. The lowest BCUT2D eigenvalue weighted by Gasteiger charge is -2.14. The van der Waals surface area contributed by atoms with Gasteiger partial charge in [0.1, 0.15) is 0 Å². The Kier molecular flexibility index (Phi) is 5.44. The molecule has 1 aliphatic heterocycles. The Balaban J connectivity index is 1.71. The molecule has 0 spiro atoms. The van der Waals surface area contributed by atoms with Crippen molar-refractivity contribution in [1.29, 1.82) is 0 Å². The standard InChI is InChI=1S/C17H15ClN4O3S2/c18-11-5-6-14(13(9-11)22(23)24)27-17-20-19-16(15-4-2-8-26-15)21(17)10-12-3-1-7-25-12/h2,4-6,8-9,12H,1,3,7,10H2/t12-/m0/s1. The molecule has 1 saturated heterocycles. The van der Waals surface area contributed by atoms with Crippen molar-refractivity contribution in [2.75, 3.05) is 6.61 Å². The monoisotopic (exact) mass is 422 g/mol. The summed E-state index contributed by atoms with van der Waals surface area (Å²) in [5, 5.41) is 22.9. The van der Waals surface area contributed by atoms with Crippen LogP contribution in [0.2, 0.25) is 5.02 Å². The highest BCUT2D eigenvalue weighted by Gasteiger charge is 2.24. The van der Waals surface area contributed by atoms with Crippen molar-refractivity contribution >= 4 is 40.4 Å². The van der Waals surface area contributed by atoms with Crippen molar-refractivity contribution < 1.29 is 9.66 Å². The second-order valence-corrected chi connectivity index (χ2v) is 8.39. The molecule has 0 N–H and O–H groups in total. The zero-order valence-corrected chi connectivity index (χ0v) is 16.5. The summed E-state index contributed by atoms with van der Waals surface area (Å²) in [4.78, 5) is 12.4. The molecule has 1 aliphatic rings. The Bertz CT molecular complexity index is 955. The van der Waals surface area contributed by atoms with Crippen LogP contribution in [-0.2, 0) is 11.3 Å². The molecule has 1 atom stereocenters. The van der Waals surface area contributed by atoms with Gasteiger partial charge in [0.25, 0.3) is 5.69 Å². The molecule has 0 amide bonds. The van der Waals surface area contributed by atoms with Gasteiger partial charge in [-0.25, -0.2) is 0 Å². The number of nitro groups is 1. The van der Waals surface area contributed by atoms with Gasteiger partial charge in [-0.1, -0.05) is 17.7 Å². The molecular formula is C17H15ClN4O3S2. The molecule has 3 aromatic rings. The predicted molar refractivity (Wildman–Crippen MR) is 105 cm³/mol. The number of benzene rings is 1. The van der Waals surface area contributed by atoms with Crippen LogP contribution in [0.4, 0.5) is 5.69 Å². The van der Waals surface area contributed by atoms with Crippen LogP contribution in [0.1, 0.15) is 12.8 Å². The van der Waals surface area contributed by atoms with Gasteiger partial charge in [-0.05, 0) is 48.2 Å². The Morgan fingerprint density at radius 1 is 1.41 bits per heavy atom. The highest BCUT2D eigenvalue weighted by Crippen LogP contribution is 2.37. The van der Waals surface area contributed by atoms with Gasteiger partial charge >= 0.3 is 0 Å². The van der Waals surface area contributed by atoms with Gasteiger partial charge < -0.3 is 4.74 Å². The van der Waals surface area contributed by atoms with Gasteiger partial charge in [0.2, 0.25) is 0 Å². The van der Waals surface area contributed by atoms with E-state index < -0.39 is 4.92 Å². The predicted octanol–water partition coefficient (Wildman–Crippen LogP) is 4.90. The molecule has 4 rings (SSSR count). The summed E-state index contributed by atoms with van der Waals surface area (Å²) in [6.07, 6.45) is 2.11. The fourth-order valence-electron chi connectivity index (χ4n) is 2.93. The normalized spacial score (nSPS) is 16.7. The van der Waals surface area contributed by atoms with Crippen molar-refractivity contribution in [1.82, 2.24) is 14.8 Å². The van der Waals surface area contributed by atoms with Crippen molar-refractivity contribution in [3.05, 3.63) is 50.8 Å². The molecule has 1 aromatic carbocycles. The lowest BCUT2D eigenvalue weighted by molar-refractivity contribution is -0.387. The third-order valence-corrected chi connectivity index (χ3v) is 6.34. The van der Waals surface area contributed by atoms with Crippen LogP contribution in [0, 0.1) is 10.1 Å². The van der Waals surface area contributed by atoms with Gasteiger partial charge in [0.15, 0.2) is 11.0 Å². The first-order chi connectivity index (χ1) is 13.1. The quantitative estimate of drug-likeness (QED) is 0.415. The maximum atomic E-state index is 11.4. The zero-order chi connectivity index (χ0) is 18.8. The minimum atomic E-state index is -0.435. The van der Waals surface area contributed by atoms with Crippen LogP contribution in [0.3, 0.4) is 0 Å². The molecule has 1 fully saturated rings. The minimum absolute atomic E-state index is 0.0446. The Morgan fingerprint density at radius 2 is 2.30 bits per heavy atom. The molecule has 27 heavy (non-hydrogen) atoms. The van der Waals surface area contributed by atoms with E-state index >= 15 is 0 Å². The molecule has 2 aromatic heterocycles. The molecule has 3 heterocycles. The molecule has 0 aliphatic carbocycles. The fourth-order valence-corrected chi connectivity index (χ4v) is 4.73. The zero-order valence-electron chi connectivity index (χ0n) is 14.1. The lowest BCUT2D eigenvalue weighted by Crippen LogP contribution is -2.16. The van der Waals surface area contributed by atoms with Gasteiger partial charge in [-0.15, -0.1) is 21.5 Å². The number of halogens is 1. The molecule has 0 unspecified atom stereocenters. The van der Waals surface area contributed by atoms with E-state index in [-0.39, 0.29) is 11.8 Å². The molecule has 0 radical (unpaired) electrons. The first kappa shape index (κ1) is 18.4. The van der Waals surface area contributed by atoms with E-state index in [0.717, 1.165) is 30.2 Å². The molecule has 10 heteroatoms. The minimum Gasteiger partial charge on any atom is -0.376 e. The number of ether oxygens (including phenoxy) is 1. The molecule has 7 nitrogen and oxygen atoms in total. The Labute approximate surface area is 168 Å². The number of hydrogen-bond acceptors (Lipinski definition) is 7. The number of nitro benzene ring substituents is 1. The second kappa shape index (κ2) is 7.97. The number of rotatable bonds is 6. The average Bonchev–Trinajstić information content (AvgIpc) is 3.39. The Morgan fingerprint density at radius 3 is 3.00 bits per heavy atom. The van der Waals surface area contributed by atoms with Crippen molar-refractivity contribution in [3.63, 3.8) is 0 Å². The summed E-state index contributed by atoms with van der Waals surface area (Å²) in [6, 6.07) is 8.57. The lowest BCUT2D eigenvalue weighted by atomic mass is 10.2. The summed E-state index contributed by atoms with van der Waals surface area (Å²) < 4.78 is 7.76. The number of aromatic nitrogens is 3. The first-order valence-corrected chi connectivity index (χ1v) is 10.4. The van der Waals surface area contributed by atoms with E-state index in [2.05, 4.69) is 10.2 Å².